The summed E-state index contributed by atoms with van der Waals surface area (Å²) in [5, 5.41) is -1.10. The first-order valence-corrected chi connectivity index (χ1v) is 8.01. The molecule has 1 atom stereocenters. The lowest BCUT2D eigenvalue weighted by Gasteiger charge is -2.21. The van der Waals surface area contributed by atoms with E-state index in [4.69, 9.17) is 0 Å². The monoisotopic (exact) mass is 296 g/mol. The molecular weight excluding hydrogens is 286 g/mol. The largest absolute Gasteiger partial charge is 0.332 e. The van der Waals surface area contributed by atoms with Gasteiger partial charge < -0.3 is 0 Å². The van der Waals surface area contributed by atoms with E-state index in [0.29, 0.717) is 11.1 Å². The molecule has 1 aromatic rings. The molecule has 2 rings (SSSR count). The Hall–Kier alpha value is -1.02. The minimum atomic E-state index is -4.77. The molecule has 0 aromatic heterocycles. The van der Waals surface area contributed by atoms with Crippen LogP contribution in [0, 0.1) is 0 Å². The van der Waals surface area contributed by atoms with Crippen LogP contribution in [-0.2, 0) is 33.3 Å². The molecule has 0 saturated heterocycles. The van der Waals surface area contributed by atoms with Crippen LogP contribution in [0.25, 0.3) is 0 Å². The molecule has 4 nitrogen and oxygen atoms in total. The third kappa shape index (κ3) is 2.69. The van der Waals surface area contributed by atoms with E-state index in [0.717, 1.165) is 6.07 Å². The van der Waals surface area contributed by atoms with Gasteiger partial charge in [-0.05, 0) is 42.5 Å². The smallest absolute Gasteiger partial charge is 0.195 e. The van der Waals surface area contributed by atoms with Crippen molar-refractivity contribution in [2.24, 2.45) is 0 Å². The summed E-state index contributed by atoms with van der Waals surface area (Å²) in [4.78, 5) is -0.456. The van der Waals surface area contributed by atoms with Crippen LogP contribution >= 0.6 is 0 Å². The van der Waals surface area contributed by atoms with E-state index in [-0.39, 0.29) is 19.3 Å². The Bertz CT molecular complexity index is 680. The molecule has 1 aliphatic rings. The molecule has 1 aromatic carbocycles. The van der Waals surface area contributed by atoms with Gasteiger partial charge in [0.1, 0.15) is 0 Å². The minimum Gasteiger partial charge on any atom is -0.195 e. The number of benzene rings is 1. The molecule has 0 saturated carbocycles. The van der Waals surface area contributed by atoms with Gasteiger partial charge in [0.25, 0.3) is 0 Å². The van der Waals surface area contributed by atoms with Crippen molar-refractivity contribution in [2.45, 2.75) is 29.4 Å². The number of hydrogen-bond acceptors (Lipinski definition) is 4. The predicted molar refractivity (Wildman–Crippen MR) is 60.6 cm³/mol. The van der Waals surface area contributed by atoms with Crippen molar-refractivity contribution in [1.29, 1.82) is 0 Å². The van der Waals surface area contributed by atoms with Gasteiger partial charge in [-0.1, -0.05) is 6.07 Å². The zero-order chi connectivity index (χ0) is 13.6. The molecule has 0 radical (unpaired) electrons. The average molecular weight is 296 g/mol. The van der Waals surface area contributed by atoms with E-state index in [1.165, 1.54) is 12.1 Å². The van der Waals surface area contributed by atoms with Gasteiger partial charge in [-0.2, -0.15) is 16.8 Å². The molecule has 0 aliphatic heterocycles. The quantitative estimate of drug-likeness (QED) is 0.776. The molecule has 0 spiro atoms. The maximum absolute atomic E-state index is 12.9. The van der Waals surface area contributed by atoms with Crippen molar-refractivity contribution in [3.8, 4) is 0 Å². The molecule has 0 fully saturated rings. The first-order chi connectivity index (χ1) is 8.18. The van der Waals surface area contributed by atoms with Gasteiger partial charge in [-0.25, -0.2) is 0 Å². The predicted octanol–water partition coefficient (Wildman–Crippen LogP) is 1.50. The Kier molecular flexibility index (Phi) is 3.18. The molecule has 100 valence electrons. The highest BCUT2D eigenvalue weighted by atomic mass is 32.3. The van der Waals surface area contributed by atoms with Crippen molar-refractivity contribution in [1.82, 2.24) is 0 Å². The number of hydrogen-bond donors (Lipinski definition) is 0. The maximum Gasteiger partial charge on any atom is 0.332 e. The van der Waals surface area contributed by atoms with Crippen LogP contribution in [0.3, 0.4) is 0 Å². The van der Waals surface area contributed by atoms with Crippen molar-refractivity contribution in [3.63, 3.8) is 0 Å². The fraction of sp³-hybridized carbons (Fsp3) is 0.400. The maximum atomic E-state index is 12.9. The first kappa shape index (κ1) is 13.4. The standard InChI is InChI=1S/C10H10F2O4S2/c11-17(13,14)9-3-1-7-5-10(18(12,15)16)4-2-8(7)6-9/h1,3,6,10H,2,4-5H2. The summed E-state index contributed by atoms with van der Waals surface area (Å²) in [6.07, 6.45) is 0.273. The molecule has 0 amide bonds. The van der Waals surface area contributed by atoms with Gasteiger partial charge in [-0.3, -0.25) is 0 Å². The summed E-state index contributed by atoms with van der Waals surface area (Å²) >= 11 is 0. The zero-order valence-electron chi connectivity index (χ0n) is 9.14. The SMILES string of the molecule is O=S(=O)(F)c1ccc2c(c1)CCC(S(=O)(=O)F)C2. The van der Waals surface area contributed by atoms with Gasteiger partial charge in [-0.15, -0.1) is 7.77 Å². The Labute approximate surface area is 104 Å². The second kappa shape index (κ2) is 4.27. The number of fused-ring (bicyclic) bond motifs is 1. The number of rotatable bonds is 2. The number of aryl methyl sites for hydroxylation is 1. The molecular formula is C10H10F2O4S2. The minimum absolute atomic E-state index is 0.0131. The van der Waals surface area contributed by atoms with Crippen LogP contribution in [0.4, 0.5) is 7.77 Å². The van der Waals surface area contributed by atoms with E-state index >= 15 is 0 Å². The third-order valence-electron chi connectivity index (χ3n) is 3.04. The molecule has 18 heavy (non-hydrogen) atoms. The highest BCUT2D eigenvalue weighted by Gasteiger charge is 2.30. The molecule has 0 N–H and O–H groups in total. The Morgan fingerprint density at radius 2 is 1.72 bits per heavy atom. The zero-order valence-corrected chi connectivity index (χ0v) is 10.8. The Morgan fingerprint density at radius 3 is 2.28 bits per heavy atom. The number of halogens is 2. The van der Waals surface area contributed by atoms with Crippen molar-refractivity contribution >= 4 is 20.4 Å². The van der Waals surface area contributed by atoms with Crippen LogP contribution in [-0.4, -0.2) is 22.1 Å². The summed E-state index contributed by atoms with van der Waals surface area (Å²) in [6.45, 7) is 0. The van der Waals surface area contributed by atoms with Gasteiger partial charge in [0.2, 0.25) is 0 Å². The lowest BCUT2D eigenvalue weighted by Crippen LogP contribution is -2.25. The van der Waals surface area contributed by atoms with Crippen molar-refractivity contribution in [3.05, 3.63) is 29.3 Å². The van der Waals surface area contributed by atoms with Gasteiger partial charge >= 0.3 is 20.4 Å². The molecule has 1 unspecified atom stereocenters. The summed E-state index contributed by atoms with van der Waals surface area (Å²) in [5.74, 6) is 0. The summed E-state index contributed by atoms with van der Waals surface area (Å²) < 4.78 is 68.7. The van der Waals surface area contributed by atoms with Crippen LogP contribution in [0.15, 0.2) is 23.1 Å². The third-order valence-corrected chi connectivity index (χ3v) is 5.06. The van der Waals surface area contributed by atoms with Crippen LogP contribution in [0.1, 0.15) is 17.5 Å². The highest BCUT2D eigenvalue weighted by Crippen LogP contribution is 2.28. The van der Waals surface area contributed by atoms with Crippen molar-refractivity contribution in [2.75, 3.05) is 0 Å². The fourth-order valence-electron chi connectivity index (χ4n) is 2.09. The van der Waals surface area contributed by atoms with Crippen LogP contribution in [0.2, 0.25) is 0 Å². The van der Waals surface area contributed by atoms with E-state index in [2.05, 4.69) is 0 Å². The van der Waals surface area contributed by atoms with Crippen LogP contribution in [0.5, 0.6) is 0 Å². The van der Waals surface area contributed by atoms with Gasteiger partial charge in [0.05, 0.1) is 10.1 Å². The second-order valence-electron chi connectivity index (χ2n) is 4.21. The normalized spacial score (nSPS) is 20.4. The van der Waals surface area contributed by atoms with E-state index < -0.39 is 30.6 Å². The van der Waals surface area contributed by atoms with Crippen LogP contribution < -0.4 is 0 Å². The summed E-state index contributed by atoms with van der Waals surface area (Å²) in [5.41, 5.74) is 1.09. The lowest BCUT2D eigenvalue weighted by molar-refractivity contribution is 0.517. The fourth-order valence-corrected chi connectivity index (χ4v) is 3.38. The molecule has 8 heteroatoms. The topological polar surface area (TPSA) is 68.3 Å². The molecule has 1 aliphatic carbocycles. The van der Waals surface area contributed by atoms with E-state index in [9.17, 15) is 24.6 Å². The van der Waals surface area contributed by atoms with Gasteiger partial charge in [0.15, 0.2) is 0 Å². The van der Waals surface area contributed by atoms with E-state index in [1.54, 1.807) is 0 Å². The van der Waals surface area contributed by atoms with Gasteiger partial charge in [0, 0.05) is 0 Å². The average Bonchev–Trinajstić information content (AvgIpc) is 2.25. The lowest BCUT2D eigenvalue weighted by atomic mass is 9.91. The Morgan fingerprint density at radius 1 is 1.06 bits per heavy atom. The second-order valence-corrected chi connectivity index (χ2v) is 7.17. The summed E-state index contributed by atoms with van der Waals surface area (Å²) in [7, 11) is -9.37. The Balaban J connectivity index is 2.38. The van der Waals surface area contributed by atoms with Crippen molar-refractivity contribution < 1.29 is 24.6 Å². The molecule has 0 heterocycles. The first-order valence-electron chi connectivity index (χ1n) is 5.18. The molecule has 0 bridgehead atoms. The van der Waals surface area contributed by atoms with E-state index in [1.807, 2.05) is 0 Å². The summed E-state index contributed by atoms with van der Waals surface area (Å²) in [6, 6.07) is 3.56. The highest BCUT2D eigenvalue weighted by molar-refractivity contribution is 7.87.